The van der Waals surface area contributed by atoms with Crippen molar-refractivity contribution in [3.8, 4) is 0 Å². The standard InChI is InChI=1S/C19H30O2/c1-7-19(5,6)18(20)21-16-11-12(2)10-15-9-8-13(3)14(4)17(15)16/h8-10,12-14,16-17H,7,11H2,1-6H3/t12-,13+,14+,16?,17?/m1/s1. The SMILES string of the molecule is CCC(C)(C)C(=O)OC1C[C@H](C)C=C2C=C[C@H](C)[C@H](C)C21. The molecule has 0 saturated carbocycles. The van der Waals surface area contributed by atoms with Crippen LogP contribution in [0.5, 0.6) is 0 Å². The van der Waals surface area contributed by atoms with E-state index in [-0.39, 0.29) is 17.5 Å². The van der Waals surface area contributed by atoms with Gasteiger partial charge in [-0.2, -0.15) is 0 Å². The third-order valence-electron chi connectivity index (χ3n) is 5.55. The van der Waals surface area contributed by atoms with E-state index in [1.54, 1.807) is 0 Å². The Labute approximate surface area is 129 Å². The van der Waals surface area contributed by atoms with Crippen molar-refractivity contribution in [2.45, 2.75) is 60.5 Å². The number of rotatable bonds is 3. The quantitative estimate of drug-likeness (QED) is 0.701. The Hall–Kier alpha value is -1.05. The molecule has 0 aromatic heterocycles. The zero-order chi connectivity index (χ0) is 15.8. The molecule has 0 aromatic rings. The first-order valence-corrected chi connectivity index (χ1v) is 8.37. The Morgan fingerprint density at radius 2 is 2.00 bits per heavy atom. The first-order chi connectivity index (χ1) is 9.76. The summed E-state index contributed by atoms with van der Waals surface area (Å²) in [5.41, 5.74) is 0.982. The minimum Gasteiger partial charge on any atom is -0.461 e. The molecular formula is C19H30O2. The molecule has 0 spiro atoms. The van der Waals surface area contributed by atoms with Crippen LogP contribution < -0.4 is 0 Å². The van der Waals surface area contributed by atoms with Crippen molar-refractivity contribution < 1.29 is 9.53 Å². The topological polar surface area (TPSA) is 26.3 Å². The van der Waals surface area contributed by atoms with E-state index in [1.807, 2.05) is 20.8 Å². The molecule has 0 fully saturated rings. The van der Waals surface area contributed by atoms with E-state index in [2.05, 4.69) is 39.0 Å². The van der Waals surface area contributed by atoms with Gasteiger partial charge in [-0.05, 0) is 50.0 Å². The number of esters is 1. The van der Waals surface area contributed by atoms with Gasteiger partial charge in [-0.15, -0.1) is 0 Å². The maximum absolute atomic E-state index is 12.5. The number of carbonyl (C=O) groups is 1. The van der Waals surface area contributed by atoms with Crippen LogP contribution in [0.1, 0.15) is 54.4 Å². The molecule has 21 heavy (non-hydrogen) atoms. The molecular weight excluding hydrogens is 260 g/mol. The number of ether oxygens (including phenoxy) is 1. The average molecular weight is 290 g/mol. The number of allylic oxidation sites excluding steroid dienone is 3. The maximum Gasteiger partial charge on any atom is 0.311 e. The van der Waals surface area contributed by atoms with Crippen molar-refractivity contribution in [2.24, 2.45) is 29.1 Å². The van der Waals surface area contributed by atoms with Crippen molar-refractivity contribution >= 4 is 5.97 Å². The van der Waals surface area contributed by atoms with Gasteiger partial charge < -0.3 is 4.74 Å². The van der Waals surface area contributed by atoms with E-state index in [1.165, 1.54) is 5.57 Å². The van der Waals surface area contributed by atoms with Crippen molar-refractivity contribution in [2.75, 3.05) is 0 Å². The molecule has 2 nitrogen and oxygen atoms in total. The zero-order valence-electron chi connectivity index (χ0n) is 14.3. The fraction of sp³-hybridized carbons (Fsp3) is 0.737. The fourth-order valence-electron chi connectivity index (χ4n) is 3.37. The molecule has 118 valence electrons. The zero-order valence-corrected chi connectivity index (χ0v) is 14.3. The summed E-state index contributed by atoms with van der Waals surface area (Å²) in [6, 6.07) is 0. The summed E-state index contributed by atoms with van der Waals surface area (Å²) in [5, 5.41) is 0. The van der Waals surface area contributed by atoms with Crippen molar-refractivity contribution in [1.82, 2.24) is 0 Å². The van der Waals surface area contributed by atoms with Crippen LogP contribution in [0.4, 0.5) is 0 Å². The second-order valence-electron chi connectivity index (χ2n) is 7.66. The minimum absolute atomic E-state index is 0.0284. The molecule has 0 bridgehead atoms. The van der Waals surface area contributed by atoms with E-state index >= 15 is 0 Å². The molecule has 0 aromatic carbocycles. The minimum atomic E-state index is -0.385. The van der Waals surface area contributed by atoms with Crippen LogP contribution >= 0.6 is 0 Å². The second-order valence-corrected chi connectivity index (χ2v) is 7.66. The van der Waals surface area contributed by atoms with Gasteiger partial charge in [0, 0.05) is 5.92 Å². The van der Waals surface area contributed by atoms with E-state index in [0.29, 0.717) is 23.7 Å². The highest BCUT2D eigenvalue weighted by atomic mass is 16.5. The molecule has 2 unspecified atom stereocenters. The first-order valence-electron chi connectivity index (χ1n) is 8.37. The van der Waals surface area contributed by atoms with Gasteiger partial charge in [0.15, 0.2) is 0 Å². The molecule has 0 N–H and O–H groups in total. The van der Waals surface area contributed by atoms with Gasteiger partial charge in [0.05, 0.1) is 5.41 Å². The summed E-state index contributed by atoms with van der Waals surface area (Å²) in [4.78, 5) is 12.5. The molecule has 0 heterocycles. The summed E-state index contributed by atoms with van der Waals surface area (Å²) in [6.07, 6.45) is 8.69. The average Bonchev–Trinajstić information content (AvgIpc) is 2.42. The Bertz CT molecular complexity index is 458. The second kappa shape index (κ2) is 5.98. The monoisotopic (exact) mass is 290 g/mol. The number of hydrogen-bond donors (Lipinski definition) is 0. The molecule has 5 atom stereocenters. The van der Waals surface area contributed by atoms with E-state index < -0.39 is 0 Å². The Kier molecular flexibility index (Phi) is 4.65. The van der Waals surface area contributed by atoms with Crippen LogP contribution in [0.2, 0.25) is 0 Å². The summed E-state index contributed by atoms with van der Waals surface area (Å²) in [5.74, 6) is 1.86. The molecule has 2 aliphatic rings. The van der Waals surface area contributed by atoms with Gasteiger partial charge >= 0.3 is 5.97 Å². The van der Waals surface area contributed by atoms with E-state index in [0.717, 1.165) is 12.8 Å². The van der Waals surface area contributed by atoms with Crippen LogP contribution in [-0.2, 0) is 9.53 Å². The molecule has 0 saturated heterocycles. The smallest absolute Gasteiger partial charge is 0.311 e. The molecule has 0 amide bonds. The summed E-state index contributed by atoms with van der Waals surface area (Å²) < 4.78 is 5.99. The van der Waals surface area contributed by atoms with Gasteiger partial charge in [-0.3, -0.25) is 4.79 Å². The summed E-state index contributed by atoms with van der Waals surface area (Å²) >= 11 is 0. The maximum atomic E-state index is 12.5. The van der Waals surface area contributed by atoms with Gasteiger partial charge in [0.2, 0.25) is 0 Å². The fourth-order valence-corrected chi connectivity index (χ4v) is 3.37. The van der Waals surface area contributed by atoms with Gasteiger partial charge in [-0.1, -0.05) is 45.9 Å². The Balaban J connectivity index is 2.22. The largest absolute Gasteiger partial charge is 0.461 e. The van der Waals surface area contributed by atoms with Gasteiger partial charge in [0.25, 0.3) is 0 Å². The van der Waals surface area contributed by atoms with Crippen LogP contribution in [0.25, 0.3) is 0 Å². The molecule has 2 heteroatoms. The number of fused-ring (bicyclic) bond motifs is 1. The normalized spacial score (nSPS) is 35.9. The molecule has 0 aliphatic heterocycles. The van der Waals surface area contributed by atoms with Crippen LogP contribution in [0, 0.1) is 29.1 Å². The predicted molar refractivity (Wildman–Crippen MR) is 86.8 cm³/mol. The van der Waals surface area contributed by atoms with Gasteiger partial charge in [0.1, 0.15) is 6.10 Å². The lowest BCUT2D eigenvalue weighted by Gasteiger charge is -2.42. The van der Waals surface area contributed by atoms with Crippen molar-refractivity contribution in [1.29, 1.82) is 0 Å². The first kappa shape index (κ1) is 16.3. The van der Waals surface area contributed by atoms with Crippen molar-refractivity contribution in [3.05, 3.63) is 23.8 Å². The lowest BCUT2D eigenvalue weighted by atomic mass is 9.67. The summed E-state index contributed by atoms with van der Waals surface area (Å²) in [7, 11) is 0. The van der Waals surface area contributed by atoms with E-state index in [4.69, 9.17) is 4.74 Å². The molecule has 0 radical (unpaired) electrons. The van der Waals surface area contributed by atoms with Crippen LogP contribution in [0.15, 0.2) is 23.8 Å². The lowest BCUT2D eigenvalue weighted by molar-refractivity contribution is -0.164. The Morgan fingerprint density at radius 3 is 2.62 bits per heavy atom. The van der Waals surface area contributed by atoms with Crippen LogP contribution in [0.3, 0.4) is 0 Å². The third-order valence-corrected chi connectivity index (χ3v) is 5.55. The highest BCUT2D eigenvalue weighted by Crippen LogP contribution is 2.43. The third kappa shape index (κ3) is 3.25. The Morgan fingerprint density at radius 1 is 1.33 bits per heavy atom. The molecule has 2 aliphatic carbocycles. The van der Waals surface area contributed by atoms with E-state index in [9.17, 15) is 4.79 Å². The molecule has 2 rings (SSSR count). The van der Waals surface area contributed by atoms with Crippen LogP contribution in [-0.4, -0.2) is 12.1 Å². The highest BCUT2D eigenvalue weighted by Gasteiger charge is 2.41. The van der Waals surface area contributed by atoms with Gasteiger partial charge in [-0.25, -0.2) is 0 Å². The summed E-state index contributed by atoms with van der Waals surface area (Å²) in [6.45, 7) is 12.8. The number of hydrogen-bond acceptors (Lipinski definition) is 2. The highest BCUT2D eigenvalue weighted by molar-refractivity contribution is 5.76. The number of carbonyl (C=O) groups excluding carboxylic acids is 1. The lowest BCUT2D eigenvalue weighted by Crippen LogP contribution is -2.41. The predicted octanol–water partition coefficient (Wildman–Crippen LogP) is 4.76. The van der Waals surface area contributed by atoms with Crippen molar-refractivity contribution in [3.63, 3.8) is 0 Å².